The summed E-state index contributed by atoms with van der Waals surface area (Å²) < 4.78 is 0. The number of carbonyl (C=O) groups excluding carboxylic acids is 2. The number of aromatic hydroxyl groups is 1. The van der Waals surface area contributed by atoms with Crippen LogP contribution < -0.4 is 16.8 Å². The first kappa shape index (κ1) is 18.1. The van der Waals surface area contributed by atoms with Crippen molar-refractivity contribution in [1.29, 1.82) is 0 Å². The lowest BCUT2D eigenvalue weighted by Crippen LogP contribution is -2.32. The lowest BCUT2D eigenvalue weighted by atomic mass is 10.0. The fourth-order valence-corrected chi connectivity index (χ4v) is 2.10. The van der Waals surface area contributed by atoms with Crippen LogP contribution in [0.1, 0.15) is 31.2 Å². The summed E-state index contributed by atoms with van der Waals surface area (Å²) in [6, 6.07) is 6.31. The molecule has 0 aliphatic heterocycles. The molecule has 0 aliphatic rings. The van der Waals surface area contributed by atoms with E-state index < -0.39 is 6.04 Å². The van der Waals surface area contributed by atoms with Gasteiger partial charge in [-0.15, -0.1) is 0 Å². The van der Waals surface area contributed by atoms with Crippen molar-refractivity contribution >= 4 is 11.7 Å². The number of phenolic OH excluding ortho intramolecular Hbond substituents is 1. The predicted molar refractivity (Wildman–Crippen MR) is 85.3 cm³/mol. The van der Waals surface area contributed by atoms with E-state index in [2.05, 4.69) is 5.32 Å². The second-order valence-electron chi connectivity index (χ2n) is 5.26. The molecule has 0 saturated carbocycles. The van der Waals surface area contributed by atoms with Gasteiger partial charge in [0.05, 0.1) is 12.5 Å². The van der Waals surface area contributed by atoms with Gasteiger partial charge in [-0.2, -0.15) is 0 Å². The monoisotopic (exact) mass is 307 g/mol. The van der Waals surface area contributed by atoms with Gasteiger partial charge in [0.25, 0.3) is 0 Å². The SMILES string of the molecule is NCCC(=O)C(N)CCCCNC(=O)Cc1ccccc1O. The summed E-state index contributed by atoms with van der Waals surface area (Å²) in [6.45, 7) is 0.860. The van der Waals surface area contributed by atoms with E-state index in [1.165, 1.54) is 0 Å². The molecule has 122 valence electrons. The van der Waals surface area contributed by atoms with Crippen LogP contribution >= 0.6 is 0 Å². The first-order valence-electron chi connectivity index (χ1n) is 7.56. The zero-order valence-corrected chi connectivity index (χ0v) is 12.8. The zero-order valence-electron chi connectivity index (χ0n) is 12.8. The summed E-state index contributed by atoms with van der Waals surface area (Å²) in [5.74, 6) is -0.0156. The van der Waals surface area contributed by atoms with E-state index in [4.69, 9.17) is 11.5 Å². The Kier molecular flexibility index (Phi) is 8.17. The average molecular weight is 307 g/mol. The summed E-state index contributed by atoms with van der Waals surface area (Å²) in [6.07, 6.45) is 2.61. The fourth-order valence-electron chi connectivity index (χ4n) is 2.10. The molecule has 1 unspecified atom stereocenters. The van der Waals surface area contributed by atoms with Crippen molar-refractivity contribution in [2.45, 2.75) is 38.1 Å². The van der Waals surface area contributed by atoms with Crippen LogP contribution in [0.3, 0.4) is 0 Å². The van der Waals surface area contributed by atoms with Crippen LogP contribution in [0.25, 0.3) is 0 Å². The third kappa shape index (κ3) is 6.69. The van der Waals surface area contributed by atoms with Crippen LogP contribution in [0.5, 0.6) is 5.75 Å². The Morgan fingerprint density at radius 3 is 2.64 bits per heavy atom. The van der Waals surface area contributed by atoms with Gasteiger partial charge in [-0.3, -0.25) is 9.59 Å². The lowest BCUT2D eigenvalue weighted by molar-refractivity contribution is -0.121. The van der Waals surface area contributed by atoms with Crippen molar-refractivity contribution < 1.29 is 14.7 Å². The number of benzene rings is 1. The Bertz CT molecular complexity index is 491. The lowest BCUT2D eigenvalue weighted by Gasteiger charge is -2.10. The van der Waals surface area contributed by atoms with E-state index in [0.717, 1.165) is 12.8 Å². The maximum absolute atomic E-state index is 11.7. The van der Waals surface area contributed by atoms with Crippen molar-refractivity contribution in [3.05, 3.63) is 29.8 Å². The number of hydrogen-bond acceptors (Lipinski definition) is 5. The molecule has 1 amide bonds. The minimum absolute atomic E-state index is 0.00825. The van der Waals surface area contributed by atoms with Gasteiger partial charge in [0.15, 0.2) is 5.78 Å². The number of carbonyl (C=O) groups is 2. The third-order valence-electron chi connectivity index (χ3n) is 3.41. The summed E-state index contributed by atoms with van der Waals surface area (Å²) in [5.41, 5.74) is 11.7. The zero-order chi connectivity index (χ0) is 16.4. The number of rotatable bonds is 10. The molecule has 0 bridgehead atoms. The maximum Gasteiger partial charge on any atom is 0.224 e. The molecule has 0 heterocycles. The van der Waals surface area contributed by atoms with E-state index in [1.807, 2.05) is 0 Å². The van der Waals surface area contributed by atoms with Crippen molar-refractivity contribution in [2.24, 2.45) is 11.5 Å². The minimum Gasteiger partial charge on any atom is -0.508 e. The van der Waals surface area contributed by atoms with Crippen LogP contribution in [-0.4, -0.2) is 35.9 Å². The standard InChI is InChI=1S/C16H25N3O3/c17-9-8-15(21)13(18)6-3-4-10-19-16(22)11-12-5-1-2-7-14(12)20/h1-2,5,7,13,20H,3-4,6,8-11,17-18H2,(H,19,22). The van der Waals surface area contributed by atoms with Crippen LogP contribution in [-0.2, 0) is 16.0 Å². The molecule has 1 atom stereocenters. The Morgan fingerprint density at radius 1 is 1.23 bits per heavy atom. The van der Waals surface area contributed by atoms with Crippen LogP contribution in [0.15, 0.2) is 24.3 Å². The molecular formula is C16H25N3O3. The number of phenols is 1. The summed E-state index contributed by atoms with van der Waals surface area (Å²) in [7, 11) is 0. The molecule has 6 N–H and O–H groups in total. The molecule has 0 aliphatic carbocycles. The molecule has 0 fully saturated rings. The number of nitrogens with two attached hydrogens (primary N) is 2. The third-order valence-corrected chi connectivity index (χ3v) is 3.41. The van der Waals surface area contributed by atoms with Gasteiger partial charge in [-0.05, 0) is 31.9 Å². The van der Waals surface area contributed by atoms with Gasteiger partial charge in [-0.1, -0.05) is 18.2 Å². The van der Waals surface area contributed by atoms with Crippen molar-refractivity contribution in [1.82, 2.24) is 5.32 Å². The van der Waals surface area contributed by atoms with Gasteiger partial charge >= 0.3 is 0 Å². The number of unbranched alkanes of at least 4 members (excludes halogenated alkanes) is 1. The Morgan fingerprint density at radius 2 is 1.95 bits per heavy atom. The normalized spacial score (nSPS) is 11.9. The van der Waals surface area contributed by atoms with E-state index in [0.29, 0.717) is 31.5 Å². The highest BCUT2D eigenvalue weighted by Gasteiger charge is 2.12. The summed E-state index contributed by atoms with van der Waals surface area (Å²) in [5, 5.41) is 12.4. The number of ketones is 1. The molecule has 6 heteroatoms. The van der Waals surface area contributed by atoms with Gasteiger partial charge in [0.1, 0.15) is 5.75 Å². The van der Waals surface area contributed by atoms with E-state index >= 15 is 0 Å². The highest BCUT2D eigenvalue weighted by atomic mass is 16.3. The number of nitrogens with one attached hydrogen (secondary N) is 1. The molecule has 1 aromatic rings. The topological polar surface area (TPSA) is 118 Å². The van der Waals surface area contributed by atoms with E-state index in [9.17, 15) is 14.7 Å². The Labute approximate surface area is 130 Å². The quantitative estimate of drug-likeness (QED) is 0.468. The van der Waals surface area contributed by atoms with Crippen LogP contribution in [0.4, 0.5) is 0 Å². The van der Waals surface area contributed by atoms with E-state index in [-0.39, 0.29) is 23.9 Å². The number of para-hydroxylation sites is 1. The van der Waals surface area contributed by atoms with Gasteiger partial charge in [0.2, 0.25) is 5.91 Å². The largest absolute Gasteiger partial charge is 0.508 e. The van der Waals surface area contributed by atoms with Gasteiger partial charge in [-0.25, -0.2) is 0 Å². The molecule has 0 spiro atoms. The smallest absolute Gasteiger partial charge is 0.224 e. The highest BCUT2D eigenvalue weighted by Crippen LogP contribution is 2.15. The Balaban J connectivity index is 2.16. The first-order chi connectivity index (χ1) is 10.5. The van der Waals surface area contributed by atoms with E-state index in [1.54, 1.807) is 24.3 Å². The fraction of sp³-hybridized carbons (Fsp3) is 0.500. The molecule has 0 radical (unpaired) electrons. The molecule has 1 aromatic carbocycles. The summed E-state index contributed by atoms with van der Waals surface area (Å²) >= 11 is 0. The first-order valence-corrected chi connectivity index (χ1v) is 7.56. The number of amides is 1. The van der Waals surface area contributed by atoms with Gasteiger partial charge in [0, 0.05) is 18.5 Å². The molecule has 1 rings (SSSR count). The van der Waals surface area contributed by atoms with Crippen molar-refractivity contribution in [2.75, 3.05) is 13.1 Å². The maximum atomic E-state index is 11.7. The highest BCUT2D eigenvalue weighted by molar-refractivity contribution is 5.83. The van der Waals surface area contributed by atoms with Crippen molar-refractivity contribution in [3.63, 3.8) is 0 Å². The van der Waals surface area contributed by atoms with Crippen molar-refractivity contribution in [3.8, 4) is 5.75 Å². The predicted octanol–water partition coefficient (Wildman–Crippen LogP) is 0.466. The average Bonchev–Trinajstić information content (AvgIpc) is 2.49. The minimum atomic E-state index is -0.458. The molecule has 22 heavy (non-hydrogen) atoms. The second-order valence-corrected chi connectivity index (χ2v) is 5.26. The van der Waals surface area contributed by atoms with Crippen LogP contribution in [0.2, 0.25) is 0 Å². The summed E-state index contributed by atoms with van der Waals surface area (Å²) in [4.78, 5) is 23.2. The molecular weight excluding hydrogens is 282 g/mol. The van der Waals surface area contributed by atoms with Crippen LogP contribution in [0, 0.1) is 0 Å². The molecule has 0 aromatic heterocycles. The Hall–Kier alpha value is -1.92. The van der Waals surface area contributed by atoms with Gasteiger partial charge < -0.3 is 21.9 Å². The molecule has 6 nitrogen and oxygen atoms in total. The number of Topliss-reactive ketones (excluding diaryl/α,β-unsaturated/α-hetero) is 1. The number of hydrogen-bond donors (Lipinski definition) is 4. The second kappa shape index (κ2) is 9.92. The molecule has 0 saturated heterocycles.